The van der Waals surface area contributed by atoms with E-state index in [2.05, 4.69) is 35.5 Å². The van der Waals surface area contributed by atoms with E-state index in [0.29, 0.717) is 23.4 Å². The molecule has 0 amide bonds. The minimum atomic E-state index is 0.425. The Bertz CT molecular complexity index is 833. The van der Waals surface area contributed by atoms with Crippen molar-refractivity contribution in [2.45, 2.75) is 0 Å². The van der Waals surface area contributed by atoms with Gasteiger partial charge in [-0.25, -0.2) is 14.3 Å². The zero-order valence-electron chi connectivity index (χ0n) is 11.9. The van der Waals surface area contributed by atoms with Crippen LogP contribution in [0.15, 0.2) is 61.6 Å². The van der Waals surface area contributed by atoms with E-state index in [9.17, 15) is 0 Å². The molecule has 0 aliphatic heterocycles. The highest BCUT2D eigenvalue weighted by molar-refractivity contribution is 5.53. The van der Waals surface area contributed by atoms with Gasteiger partial charge in [-0.3, -0.25) is 4.98 Å². The molecule has 0 radical (unpaired) electrons. The van der Waals surface area contributed by atoms with Crippen molar-refractivity contribution >= 4 is 11.6 Å². The van der Waals surface area contributed by atoms with E-state index in [-0.39, 0.29) is 0 Å². The molecule has 9 heteroatoms. The topological polar surface area (TPSA) is 99.2 Å². The molecule has 0 aliphatic rings. The Balaban J connectivity index is 1.79. The molecule has 0 saturated heterocycles. The summed E-state index contributed by atoms with van der Waals surface area (Å²) < 4.78 is 3.23. The second-order valence-corrected chi connectivity index (χ2v) is 4.53. The van der Waals surface area contributed by atoms with Gasteiger partial charge < -0.3 is 5.32 Å². The third-order valence-electron chi connectivity index (χ3n) is 2.97. The van der Waals surface area contributed by atoms with Gasteiger partial charge in [0, 0.05) is 43.2 Å². The van der Waals surface area contributed by atoms with Crippen LogP contribution >= 0.6 is 0 Å². The van der Waals surface area contributed by atoms with Crippen LogP contribution in [0.4, 0.5) is 11.6 Å². The van der Waals surface area contributed by atoms with E-state index in [1.54, 1.807) is 64.9 Å². The molecule has 4 heterocycles. The van der Waals surface area contributed by atoms with E-state index >= 15 is 0 Å². The largest absolute Gasteiger partial charge is 0.323 e. The summed E-state index contributed by atoms with van der Waals surface area (Å²) in [6.07, 6.45) is 11.8. The van der Waals surface area contributed by atoms with Crippen LogP contribution in [-0.2, 0) is 0 Å². The molecule has 4 aromatic heterocycles. The molecule has 0 fully saturated rings. The van der Waals surface area contributed by atoms with Crippen LogP contribution < -0.4 is 5.32 Å². The lowest BCUT2D eigenvalue weighted by molar-refractivity contribution is 0.776. The third-order valence-corrected chi connectivity index (χ3v) is 2.97. The Labute approximate surface area is 130 Å². The maximum absolute atomic E-state index is 4.47. The van der Waals surface area contributed by atoms with E-state index in [4.69, 9.17) is 0 Å². The van der Waals surface area contributed by atoms with E-state index in [0.717, 1.165) is 0 Å². The number of rotatable bonds is 4. The van der Waals surface area contributed by atoms with Gasteiger partial charge in [-0.1, -0.05) is 0 Å². The van der Waals surface area contributed by atoms with Crippen LogP contribution in [0.5, 0.6) is 0 Å². The van der Waals surface area contributed by atoms with Crippen LogP contribution in [-0.4, -0.2) is 39.5 Å². The Morgan fingerprint density at radius 2 is 1.65 bits per heavy atom. The lowest BCUT2D eigenvalue weighted by atomic mass is 10.5. The van der Waals surface area contributed by atoms with Gasteiger partial charge in [0.25, 0.3) is 5.95 Å². The molecule has 1 N–H and O–H groups in total. The van der Waals surface area contributed by atoms with Crippen molar-refractivity contribution in [2.24, 2.45) is 0 Å². The third kappa shape index (κ3) is 2.75. The molecule has 0 saturated carbocycles. The summed E-state index contributed by atoms with van der Waals surface area (Å²) in [5, 5.41) is 11.5. The highest BCUT2D eigenvalue weighted by atomic mass is 15.4. The second kappa shape index (κ2) is 5.64. The van der Waals surface area contributed by atoms with Gasteiger partial charge in [0.15, 0.2) is 5.82 Å². The number of anilines is 2. The quantitative estimate of drug-likeness (QED) is 0.608. The average Bonchev–Trinajstić information content (AvgIpc) is 3.29. The molecule has 0 spiro atoms. The Hall–Kier alpha value is -3.62. The number of nitrogens with zero attached hydrogens (tertiary/aromatic N) is 8. The standard InChI is InChI=1S/C14H11N9/c1-3-17-22(7-1)13-9-11(19-12-10-15-5-6-16-12)20-14(21-13)23-8-2-4-18-23/h1-10H,(H,16,19,20,21). The van der Waals surface area contributed by atoms with Gasteiger partial charge in [-0.05, 0) is 12.1 Å². The summed E-state index contributed by atoms with van der Waals surface area (Å²) in [6.45, 7) is 0. The van der Waals surface area contributed by atoms with Crippen LogP contribution in [0.1, 0.15) is 0 Å². The van der Waals surface area contributed by atoms with Gasteiger partial charge in [0.05, 0.1) is 6.20 Å². The summed E-state index contributed by atoms with van der Waals surface area (Å²) in [5.74, 6) is 2.19. The fourth-order valence-corrected chi connectivity index (χ4v) is 1.99. The highest BCUT2D eigenvalue weighted by Gasteiger charge is 2.09. The summed E-state index contributed by atoms with van der Waals surface area (Å²) in [7, 11) is 0. The predicted molar refractivity (Wildman–Crippen MR) is 81.6 cm³/mol. The molecule has 0 aromatic carbocycles. The average molecular weight is 305 g/mol. The summed E-state index contributed by atoms with van der Waals surface area (Å²) in [6, 6.07) is 5.40. The normalized spacial score (nSPS) is 10.6. The first-order valence-corrected chi connectivity index (χ1v) is 6.81. The smallest absolute Gasteiger partial charge is 0.254 e. The molecule has 0 atom stereocenters. The number of aromatic nitrogens is 8. The predicted octanol–water partition coefficient (Wildman–Crippen LogP) is 1.38. The van der Waals surface area contributed by atoms with Gasteiger partial charge in [0.2, 0.25) is 0 Å². The minimum absolute atomic E-state index is 0.425. The van der Waals surface area contributed by atoms with Crippen LogP contribution in [0.2, 0.25) is 0 Å². The molecule has 4 rings (SSSR count). The van der Waals surface area contributed by atoms with Crippen molar-refractivity contribution in [1.29, 1.82) is 0 Å². The first kappa shape index (κ1) is 13.1. The molecule has 4 aromatic rings. The summed E-state index contributed by atoms with van der Waals surface area (Å²) in [4.78, 5) is 17.1. The first-order chi connectivity index (χ1) is 11.4. The Morgan fingerprint density at radius 1 is 0.826 bits per heavy atom. The van der Waals surface area contributed by atoms with Gasteiger partial charge >= 0.3 is 0 Å². The van der Waals surface area contributed by atoms with Crippen LogP contribution in [0, 0.1) is 0 Å². The molecule has 0 aliphatic carbocycles. The van der Waals surface area contributed by atoms with Crippen molar-refractivity contribution in [1.82, 2.24) is 39.5 Å². The maximum Gasteiger partial charge on any atom is 0.254 e. The first-order valence-electron chi connectivity index (χ1n) is 6.81. The highest BCUT2D eigenvalue weighted by Crippen LogP contribution is 2.16. The van der Waals surface area contributed by atoms with Gasteiger partial charge in [-0.15, -0.1) is 0 Å². The summed E-state index contributed by atoms with van der Waals surface area (Å²) in [5.41, 5.74) is 0. The van der Waals surface area contributed by atoms with Gasteiger partial charge in [-0.2, -0.15) is 20.2 Å². The fourth-order valence-electron chi connectivity index (χ4n) is 1.99. The summed E-state index contributed by atoms with van der Waals surface area (Å²) >= 11 is 0. The molecular weight excluding hydrogens is 294 g/mol. The Morgan fingerprint density at radius 3 is 2.35 bits per heavy atom. The fraction of sp³-hybridized carbons (Fsp3) is 0. The molecule has 9 nitrogen and oxygen atoms in total. The second-order valence-electron chi connectivity index (χ2n) is 4.53. The SMILES string of the molecule is c1cnn(-c2cc(Nc3cnccn3)nc(-n3cccn3)n2)c1. The molecule has 23 heavy (non-hydrogen) atoms. The molecular formula is C14H11N9. The van der Waals surface area contributed by atoms with Crippen molar-refractivity contribution in [2.75, 3.05) is 5.32 Å². The number of hydrogen-bond donors (Lipinski definition) is 1. The minimum Gasteiger partial charge on any atom is -0.323 e. The lowest BCUT2D eigenvalue weighted by Crippen LogP contribution is -2.09. The van der Waals surface area contributed by atoms with E-state index in [1.165, 1.54) is 0 Å². The van der Waals surface area contributed by atoms with E-state index in [1.807, 2.05) is 6.07 Å². The zero-order chi connectivity index (χ0) is 15.5. The van der Waals surface area contributed by atoms with Crippen molar-refractivity contribution in [3.63, 3.8) is 0 Å². The lowest BCUT2D eigenvalue weighted by Gasteiger charge is -2.09. The van der Waals surface area contributed by atoms with Gasteiger partial charge in [0.1, 0.15) is 11.6 Å². The maximum atomic E-state index is 4.47. The molecule has 0 bridgehead atoms. The van der Waals surface area contributed by atoms with Crippen molar-refractivity contribution < 1.29 is 0 Å². The number of nitrogens with one attached hydrogen (secondary N) is 1. The van der Waals surface area contributed by atoms with Crippen LogP contribution in [0.3, 0.4) is 0 Å². The molecule has 0 unspecified atom stereocenters. The monoisotopic (exact) mass is 305 g/mol. The van der Waals surface area contributed by atoms with E-state index < -0.39 is 0 Å². The van der Waals surface area contributed by atoms with Crippen molar-refractivity contribution in [3.8, 4) is 11.8 Å². The van der Waals surface area contributed by atoms with Crippen molar-refractivity contribution in [3.05, 3.63) is 61.6 Å². The molecule has 112 valence electrons. The zero-order valence-corrected chi connectivity index (χ0v) is 11.9. The van der Waals surface area contributed by atoms with Crippen LogP contribution in [0.25, 0.3) is 11.8 Å². The Kier molecular flexibility index (Phi) is 3.20. The number of hydrogen-bond acceptors (Lipinski definition) is 7.